The van der Waals surface area contributed by atoms with Gasteiger partial charge in [-0.05, 0) is 0 Å². The van der Waals surface area contributed by atoms with E-state index in [1.54, 1.807) is 0 Å². The van der Waals surface area contributed by atoms with E-state index >= 15 is 0 Å². The Bertz CT molecular complexity index is 138. The molecule has 53 valence electrons. The first-order valence-corrected chi connectivity index (χ1v) is 2.01. The number of urea groups is 1. The standard InChI is InChI=1S/C3H6N2O4.Na/c4-3(9)5-1(6)2(7)8;/h1,6H,(H,7,8)(H3,4,5,9);. The molecule has 1 atom stereocenters. The van der Waals surface area contributed by atoms with E-state index in [9.17, 15) is 9.59 Å². The van der Waals surface area contributed by atoms with Crippen molar-refractivity contribution in [2.75, 3.05) is 0 Å². The third-order valence-electron chi connectivity index (χ3n) is 0.513. The van der Waals surface area contributed by atoms with Crippen LogP contribution in [0.15, 0.2) is 0 Å². The summed E-state index contributed by atoms with van der Waals surface area (Å²) in [5, 5.41) is 17.7. The number of nitrogens with two attached hydrogens (primary N) is 1. The van der Waals surface area contributed by atoms with Gasteiger partial charge in [0.15, 0.2) is 0 Å². The number of aliphatic hydroxyl groups excluding tert-OH is 1. The Morgan fingerprint density at radius 3 is 2.00 bits per heavy atom. The minimum absolute atomic E-state index is 0. The summed E-state index contributed by atoms with van der Waals surface area (Å²) in [7, 11) is 0. The third-order valence-corrected chi connectivity index (χ3v) is 0.513. The normalized spacial score (nSPS) is 10.9. The molecule has 0 fully saturated rings. The first-order valence-electron chi connectivity index (χ1n) is 2.01. The molecule has 0 saturated heterocycles. The molecule has 0 saturated carbocycles. The molecule has 10 heavy (non-hydrogen) atoms. The van der Waals surface area contributed by atoms with Gasteiger partial charge >= 0.3 is 12.0 Å². The van der Waals surface area contributed by atoms with Crippen LogP contribution in [-0.4, -0.2) is 58.0 Å². The molecule has 0 aliphatic heterocycles. The van der Waals surface area contributed by atoms with Crippen molar-refractivity contribution in [2.24, 2.45) is 5.73 Å². The Morgan fingerprint density at radius 1 is 1.50 bits per heavy atom. The van der Waals surface area contributed by atoms with Crippen LogP contribution in [0.3, 0.4) is 0 Å². The molecule has 0 aromatic heterocycles. The van der Waals surface area contributed by atoms with E-state index in [2.05, 4.69) is 5.73 Å². The Kier molecular flexibility index (Phi) is 6.79. The topological polar surface area (TPSA) is 113 Å². The summed E-state index contributed by atoms with van der Waals surface area (Å²) < 4.78 is 0. The number of carboxylic acids is 1. The summed E-state index contributed by atoms with van der Waals surface area (Å²) in [4.78, 5) is 19.5. The van der Waals surface area contributed by atoms with Crippen molar-refractivity contribution in [3.8, 4) is 0 Å². The molecule has 0 rings (SSSR count). The molecule has 1 radical (unpaired) electrons. The van der Waals surface area contributed by atoms with Gasteiger partial charge in [0.1, 0.15) is 0 Å². The average Bonchev–Trinajstić information content (AvgIpc) is 1.63. The summed E-state index contributed by atoms with van der Waals surface area (Å²) in [6.45, 7) is 0. The first kappa shape index (κ1) is 12.4. The maximum atomic E-state index is 9.80. The second kappa shape index (κ2) is 5.48. The van der Waals surface area contributed by atoms with Gasteiger partial charge in [-0.25, -0.2) is 9.59 Å². The van der Waals surface area contributed by atoms with E-state index in [0.717, 1.165) is 0 Å². The summed E-state index contributed by atoms with van der Waals surface area (Å²) in [5.41, 5.74) is 4.46. The predicted octanol–water partition coefficient (Wildman–Crippen LogP) is -2.32. The molecule has 0 heterocycles. The number of hydrogen-bond acceptors (Lipinski definition) is 3. The first-order chi connectivity index (χ1) is 4.04. The molecule has 0 aromatic carbocycles. The van der Waals surface area contributed by atoms with E-state index in [-0.39, 0.29) is 29.6 Å². The van der Waals surface area contributed by atoms with Gasteiger partial charge < -0.3 is 21.3 Å². The maximum absolute atomic E-state index is 9.80. The molecule has 5 N–H and O–H groups in total. The van der Waals surface area contributed by atoms with Crippen molar-refractivity contribution in [3.05, 3.63) is 0 Å². The number of primary amides is 1. The Balaban J connectivity index is 0. The number of aliphatic carboxylic acids is 1. The van der Waals surface area contributed by atoms with Crippen molar-refractivity contribution >= 4 is 41.6 Å². The number of carboxylic acid groups (broad SMARTS) is 1. The fourth-order valence-electron chi connectivity index (χ4n) is 0.196. The number of carbonyl (C=O) groups excluding carboxylic acids is 1. The summed E-state index contributed by atoms with van der Waals surface area (Å²) in [6.07, 6.45) is -1.91. The van der Waals surface area contributed by atoms with E-state index in [1.807, 2.05) is 0 Å². The quantitative estimate of drug-likeness (QED) is 0.266. The van der Waals surface area contributed by atoms with Crippen LogP contribution in [0.1, 0.15) is 0 Å². The zero-order valence-electron chi connectivity index (χ0n) is 5.37. The van der Waals surface area contributed by atoms with Gasteiger partial charge in [-0.1, -0.05) is 0 Å². The van der Waals surface area contributed by atoms with Crippen molar-refractivity contribution in [1.29, 1.82) is 0 Å². The smallest absolute Gasteiger partial charge is 0.353 e. The van der Waals surface area contributed by atoms with Gasteiger partial charge in [0.05, 0.1) is 0 Å². The molecular formula is C3H6N2NaO4. The van der Waals surface area contributed by atoms with Crippen molar-refractivity contribution in [1.82, 2.24) is 5.32 Å². The average molecular weight is 157 g/mol. The second-order valence-electron chi connectivity index (χ2n) is 1.25. The number of nitrogens with one attached hydrogen (secondary N) is 1. The fraction of sp³-hybridized carbons (Fsp3) is 0.333. The molecule has 0 aromatic rings. The van der Waals surface area contributed by atoms with Crippen LogP contribution in [-0.2, 0) is 4.79 Å². The Labute approximate surface area is 78.7 Å². The van der Waals surface area contributed by atoms with Crippen LogP contribution in [0.5, 0.6) is 0 Å². The second-order valence-corrected chi connectivity index (χ2v) is 1.25. The van der Waals surface area contributed by atoms with E-state index in [4.69, 9.17) is 10.2 Å². The van der Waals surface area contributed by atoms with Crippen LogP contribution in [0, 0.1) is 0 Å². The zero-order valence-corrected chi connectivity index (χ0v) is 7.37. The molecule has 1 unspecified atom stereocenters. The number of aliphatic hydroxyl groups is 1. The SMILES string of the molecule is NC(=O)NC(O)C(=O)O.[Na]. The molecule has 0 bridgehead atoms. The van der Waals surface area contributed by atoms with Crippen LogP contribution < -0.4 is 11.1 Å². The van der Waals surface area contributed by atoms with Crippen LogP contribution in [0.4, 0.5) is 4.79 Å². The molecule has 7 heteroatoms. The number of carbonyl (C=O) groups is 2. The Hall–Kier alpha value is -0.300. The van der Waals surface area contributed by atoms with E-state index in [0.29, 0.717) is 0 Å². The number of amides is 2. The van der Waals surface area contributed by atoms with Gasteiger partial charge in [-0.15, -0.1) is 0 Å². The molecule has 0 spiro atoms. The van der Waals surface area contributed by atoms with Gasteiger partial charge in [-0.2, -0.15) is 0 Å². The Morgan fingerprint density at radius 2 is 1.90 bits per heavy atom. The minimum atomic E-state index is -1.91. The van der Waals surface area contributed by atoms with Gasteiger partial charge in [0.2, 0.25) is 6.23 Å². The van der Waals surface area contributed by atoms with Crippen LogP contribution in [0.2, 0.25) is 0 Å². The van der Waals surface area contributed by atoms with E-state index in [1.165, 1.54) is 5.32 Å². The molecule has 0 aliphatic rings. The summed E-state index contributed by atoms with van der Waals surface area (Å²) >= 11 is 0. The third kappa shape index (κ3) is 5.83. The van der Waals surface area contributed by atoms with E-state index < -0.39 is 18.2 Å². The van der Waals surface area contributed by atoms with Crippen molar-refractivity contribution < 1.29 is 19.8 Å². The summed E-state index contributed by atoms with van der Waals surface area (Å²) in [6, 6.07) is -1.08. The fourth-order valence-corrected chi connectivity index (χ4v) is 0.196. The van der Waals surface area contributed by atoms with Gasteiger partial charge in [-0.3, -0.25) is 0 Å². The largest absolute Gasteiger partial charge is 0.478 e. The minimum Gasteiger partial charge on any atom is -0.478 e. The van der Waals surface area contributed by atoms with Crippen LogP contribution in [0.25, 0.3) is 0 Å². The molecular weight excluding hydrogens is 151 g/mol. The number of hydrogen-bond donors (Lipinski definition) is 4. The van der Waals surface area contributed by atoms with Crippen molar-refractivity contribution in [3.63, 3.8) is 0 Å². The monoisotopic (exact) mass is 157 g/mol. The summed E-state index contributed by atoms with van der Waals surface area (Å²) in [5.74, 6) is -1.55. The molecule has 0 aliphatic carbocycles. The van der Waals surface area contributed by atoms with Gasteiger partial charge in [0.25, 0.3) is 0 Å². The predicted molar refractivity (Wildman–Crippen MR) is 32.1 cm³/mol. The zero-order chi connectivity index (χ0) is 7.44. The molecule has 2 amide bonds. The van der Waals surface area contributed by atoms with Crippen molar-refractivity contribution in [2.45, 2.75) is 6.23 Å². The maximum Gasteiger partial charge on any atom is 0.353 e. The molecule has 6 nitrogen and oxygen atoms in total. The van der Waals surface area contributed by atoms with Gasteiger partial charge in [0, 0.05) is 29.6 Å². The number of rotatable bonds is 2. The van der Waals surface area contributed by atoms with Crippen LogP contribution >= 0.6 is 0 Å².